The van der Waals surface area contributed by atoms with Gasteiger partial charge in [0.1, 0.15) is 0 Å². The summed E-state index contributed by atoms with van der Waals surface area (Å²) in [4.78, 5) is 4.05. The Morgan fingerprint density at radius 2 is 2.46 bits per heavy atom. The Hall–Kier alpha value is -1.15. The van der Waals surface area contributed by atoms with Gasteiger partial charge in [0.2, 0.25) is 0 Å². The molecule has 0 unspecified atom stereocenters. The van der Waals surface area contributed by atoms with Crippen LogP contribution in [0, 0.1) is 0 Å². The van der Waals surface area contributed by atoms with Gasteiger partial charge in [-0.2, -0.15) is 0 Å². The van der Waals surface area contributed by atoms with Gasteiger partial charge < -0.3 is 5.32 Å². The standard InChI is InChI=1S/C11H16N2/c1-3-12-8-10(2)7-11-5-4-6-13-9-11/h4-7,9,12H,3,8H2,1-2H3. The Balaban J connectivity index is 2.55. The van der Waals surface area contributed by atoms with Crippen LogP contribution in [0.3, 0.4) is 0 Å². The third-order valence-corrected chi connectivity index (χ3v) is 1.75. The van der Waals surface area contributed by atoms with E-state index in [4.69, 9.17) is 0 Å². The highest BCUT2D eigenvalue weighted by Crippen LogP contribution is 2.03. The van der Waals surface area contributed by atoms with Gasteiger partial charge in [-0.3, -0.25) is 4.98 Å². The molecule has 0 saturated heterocycles. The van der Waals surface area contributed by atoms with Crippen LogP contribution in [0.2, 0.25) is 0 Å². The van der Waals surface area contributed by atoms with Crippen molar-refractivity contribution in [1.29, 1.82) is 0 Å². The molecule has 0 aliphatic rings. The Bertz CT molecular complexity index is 265. The number of hydrogen-bond acceptors (Lipinski definition) is 2. The summed E-state index contributed by atoms with van der Waals surface area (Å²) in [6, 6.07) is 4.01. The molecule has 0 amide bonds. The van der Waals surface area contributed by atoms with Crippen molar-refractivity contribution in [3.05, 3.63) is 35.7 Å². The topological polar surface area (TPSA) is 24.9 Å². The van der Waals surface area contributed by atoms with E-state index in [-0.39, 0.29) is 0 Å². The molecule has 0 aromatic carbocycles. The maximum atomic E-state index is 4.05. The van der Waals surface area contributed by atoms with Crippen molar-refractivity contribution in [2.24, 2.45) is 0 Å². The molecule has 0 aliphatic heterocycles. The first-order valence-electron chi connectivity index (χ1n) is 4.61. The van der Waals surface area contributed by atoms with Crippen molar-refractivity contribution >= 4 is 6.08 Å². The summed E-state index contributed by atoms with van der Waals surface area (Å²) in [5, 5.41) is 3.28. The molecule has 0 bridgehead atoms. The molecular formula is C11H16N2. The summed E-state index contributed by atoms with van der Waals surface area (Å²) < 4.78 is 0. The second-order valence-corrected chi connectivity index (χ2v) is 3.06. The minimum atomic E-state index is 0.950. The quantitative estimate of drug-likeness (QED) is 0.760. The van der Waals surface area contributed by atoms with Crippen molar-refractivity contribution in [2.75, 3.05) is 13.1 Å². The lowest BCUT2D eigenvalue weighted by Crippen LogP contribution is -2.14. The molecule has 0 fully saturated rings. The molecule has 1 rings (SSSR count). The summed E-state index contributed by atoms with van der Waals surface area (Å²) in [6.07, 6.45) is 5.81. The minimum absolute atomic E-state index is 0.950. The van der Waals surface area contributed by atoms with Crippen LogP contribution >= 0.6 is 0 Å². The molecule has 0 radical (unpaired) electrons. The maximum absolute atomic E-state index is 4.05. The summed E-state index contributed by atoms with van der Waals surface area (Å²) in [7, 11) is 0. The van der Waals surface area contributed by atoms with Crippen LogP contribution in [-0.4, -0.2) is 18.1 Å². The molecule has 2 heteroatoms. The van der Waals surface area contributed by atoms with Crippen molar-refractivity contribution in [1.82, 2.24) is 10.3 Å². The third-order valence-electron chi connectivity index (χ3n) is 1.75. The molecule has 0 spiro atoms. The Labute approximate surface area is 79.7 Å². The Kier molecular flexibility index (Phi) is 4.19. The number of pyridine rings is 1. The molecule has 1 N–H and O–H groups in total. The minimum Gasteiger partial charge on any atom is -0.313 e. The first kappa shape index (κ1) is 9.93. The number of nitrogens with zero attached hydrogens (tertiary/aromatic N) is 1. The van der Waals surface area contributed by atoms with Crippen molar-refractivity contribution in [3.8, 4) is 0 Å². The highest BCUT2D eigenvalue weighted by molar-refractivity contribution is 5.51. The highest BCUT2D eigenvalue weighted by atomic mass is 14.8. The average molecular weight is 176 g/mol. The number of hydrogen-bond donors (Lipinski definition) is 1. The van der Waals surface area contributed by atoms with E-state index < -0.39 is 0 Å². The third kappa shape index (κ3) is 3.85. The van der Waals surface area contributed by atoms with Crippen LogP contribution in [0.4, 0.5) is 0 Å². The zero-order valence-electron chi connectivity index (χ0n) is 8.25. The predicted molar refractivity (Wildman–Crippen MR) is 56.4 cm³/mol. The number of likely N-dealkylation sites (N-methyl/N-ethyl adjacent to an activating group) is 1. The normalized spacial score (nSPS) is 11.7. The molecule has 1 heterocycles. The molecule has 0 atom stereocenters. The molecule has 0 aliphatic carbocycles. The average Bonchev–Trinajstić information content (AvgIpc) is 2.16. The summed E-state index contributed by atoms with van der Waals surface area (Å²) >= 11 is 0. The summed E-state index contributed by atoms with van der Waals surface area (Å²) in [5.41, 5.74) is 2.49. The van der Waals surface area contributed by atoms with E-state index in [9.17, 15) is 0 Å². The lowest BCUT2D eigenvalue weighted by Gasteiger charge is -2.01. The first-order chi connectivity index (χ1) is 6.33. The van der Waals surface area contributed by atoms with E-state index in [0.29, 0.717) is 0 Å². The van der Waals surface area contributed by atoms with Gasteiger partial charge in [-0.15, -0.1) is 0 Å². The van der Waals surface area contributed by atoms with Gasteiger partial charge in [-0.25, -0.2) is 0 Å². The lowest BCUT2D eigenvalue weighted by molar-refractivity contribution is 0.778. The zero-order valence-corrected chi connectivity index (χ0v) is 8.25. The molecule has 1 aromatic rings. The van der Waals surface area contributed by atoms with Crippen LogP contribution in [-0.2, 0) is 0 Å². The monoisotopic (exact) mass is 176 g/mol. The number of aromatic nitrogens is 1. The largest absolute Gasteiger partial charge is 0.313 e. The van der Waals surface area contributed by atoms with Gasteiger partial charge in [0.15, 0.2) is 0 Å². The molecule has 1 aromatic heterocycles. The van der Waals surface area contributed by atoms with Gasteiger partial charge >= 0.3 is 0 Å². The van der Waals surface area contributed by atoms with Gasteiger partial charge in [0, 0.05) is 18.9 Å². The van der Waals surface area contributed by atoms with Gasteiger partial charge in [-0.05, 0) is 25.1 Å². The maximum Gasteiger partial charge on any atom is 0.0340 e. The molecule has 70 valence electrons. The van der Waals surface area contributed by atoms with Crippen LogP contribution in [0.5, 0.6) is 0 Å². The fourth-order valence-electron chi connectivity index (χ4n) is 1.12. The Morgan fingerprint density at radius 3 is 3.08 bits per heavy atom. The smallest absolute Gasteiger partial charge is 0.0340 e. The fourth-order valence-corrected chi connectivity index (χ4v) is 1.12. The molecule has 0 saturated carbocycles. The van der Waals surface area contributed by atoms with E-state index >= 15 is 0 Å². The molecule has 13 heavy (non-hydrogen) atoms. The first-order valence-corrected chi connectivity index (χ1v) is 4.61. The molecule has 2 nitrogen and oxygen atoms in total. The Morgan fingerprint density at radius 1 is 1.62 bits per heavy atom. The van der Waals surface area contributed by atoms with E-state index in [1.54, 1.807) is 6.20 Å². The van der Waals surface area contributed by atoms with Crippen molar-refractivity contribution < 1.29 is 0 Å². The second-order valence-electron chi connectivity index (χ2n) is 3.06. The fraction of sp³-hybridized carbons (Fsp3) is 0.364. The van der Waals surface area contributed by atoms with Gasteiger partial charge in [0.05, 0.1) is 0 Å². The van der Waals surface area contributed by atoms with Crippen molar-refractivity contribution in [2.45, 2.75) is 13.8 Å². The van der Waals surface area contributed by atoms with Crippen LogP contribution in [0.25, 0.3) is 6.08 Å². The lowest BCUT2D eigenvalue weighted by atomic mass is 10.2. The van der Waals surface area contributed by atoms with Crippen molar-refractivity contribution in [3.63, 3.8) is 0 Å². The van der Waals surface area contributed by atoms with Crippen LogP contribution in [0.1, 0.15) is 19.4 Å². The number of rotatable bonds is 4. The van der Waals surface area contributed by atoms with Gasteiger partial charge in [0.25, 0.3) is 0 Å². The SMILES string of the molecule is CCNCC(C)=Cc1cccnc1. The zero-order chi connectivity index (χ0) is 9.52. The highest BCUT2D eigenvalue weighted by Gasteiger charge is 1.89. The van der Waals surface area contributed by atoms with E-state index in [0.717, 1.165) is 18.7 Å². The van der Waals surface area contributed by atoms with E-state index in [1.807, 2.05) is 12.3 Å². The summed E-state index contributed by atoms with van der Waals surface area (Å²) in [6.45, 7) is 6.19. The predicted octanol–water partition coefficient (Wildman–Crippen LogP) is 2.09. The summed E-state index contributed by atoms with van der Waals surface area (Å²) in [5.74, 6) is 0. The van der Waals surface area contributed by atoms with E-state index in [1.165, 1.54) is 5.57 Å². The molecular weight excluding hydrogens is 160 g/mol. The van der Waals surface area contributed by atoms with E-state index in [2.05, 4.69) is 36.3 Å². The second kappa shape index (κ2) is 5.49. The van der Waals surface area contributed by atoms with Crippen LogP contribution < -0.4 is 5.32 Å². The van der Waals surface area contributed by atoms with Gasteiger partial charge in [-0.1, -0.05) is 24.6 Å². The number of nitrogens with one attached hydrogen (secondary N) is 1. The van der Waals surface area contributed by atoms with Crippen LogP contribution in [0.15, 0.2) is 30.1 Å².